The fourth-order valence-electron chi connectivity index (χ4n) is 2.53. The van der Waals surface area contributed by atoms with Crippen molar-refractivity contribution in [3.63, 3.8) is 0 Å². The number of halogens is 1. The molecule has 0 radical (unpaired) electrons. The maximum absolute atomic E-state index is 13.1. The molecule has 1 fully saturated rings. The van der Waals surface area contributed by atoms with Gasteiger partial charge in [0, 0.05) is 39.6 Å². The highest BCUT2D eigenvalue weighted by Gasteiger charge is 2.19. The van der Waals surface area contributed by atoms with Crippen LogP contribution in [-0.4, -0.2) is 53.5 Å². The average molecular weight is 295 g/mol. The number of aliphatic hydroxyl groups excluding tert-OH is 1. The lowest BCUT2D eigenvalue weighted by Gasteiger charge is -2.34. The van der Waals surface area contributed by atoms with Crippen molar-refractivity contribution < 1.29 is 14.3 Å². The summed E-state index contributed by atoms with van der Waals surface area (Å²) in [5, 5.41) is 10.1. The summed E-state index contributed by atoms with van der Waals surface area (Å²) in [6.45, 7) is 5.42. The van der Waals surface area contributed by atoms with Gasteiger partial charge in [-0.05, 0) is 24.1 Å². The molecule has 1 heterocycles. The Balaban J connectivity index is 1.80. The molecule has 0 saturated carbocycles. The number of hydrogen-bond acceptors (Lipinski definition) is 4. The largest absolute Gasteiger partial charge is 0.396 e. The standard InChI is InChI=1S/C15H22FN3O2/c1-11(20)19-8-6-18(7-9-19)5-4-15(21)12-2-3-13(16)14(17)10-12/h2-3,10,15,21H,4-9,17H2,1H3. The van der Waals surface area contributed by atoms with Crippen LogP contribution < -0.4 is 5.73 Å². The zero-order valence-corrected chi connectivity index (χ0v) is 12.3. The molecule has 0 bridgehead atoms. The number of rotatable bonds is 4. The molecule has 1 aliphatic rings. The van der Waals surface area contributed by atoms with Crippen LogP contribution in [0.15, 0.2) is 18.2 Å². The van der Waals surface area contributed by atoms with Crippen LogP contribution in [-0.2, 0) is 4.79 Å². The number of piperazine rings is 1. The van der Waals surface area contributed by atoms with Gasteiger partial charge in [-0.25, -0.2) is 4.39 Å². The molecule has 0 aliphatic carbocycles. The normalized spacial score (nSPS) is 17.8. The molecule has 0 aromatic heterocycles. The SMILES string of the molecule is CC(=O)N1CCN(CCC(O)c2ccc(F)c(N)c2)CC1. The number of benzene rings is 1. The highest BCUT2D eigenvalue weighted by molar-refractivity contribution is 5.73. The van der Waals surface area contributed by atoms with Crippen LogP contribution in [0.1, 0.15) is 25.0 Å². The molecule has 1 atom stereocenters. The summed E-state index contributed by atoms with van der Waals surface area (Å²) in [6.07, 6.45) is -0.0933. The summed E-state index contributed by atoms with van der Waals surface area (Å²) in [5.41, 5.74) is 6.20. The first kappa shape index (κ1) is 15.7. The number of amides is 1. The lowest BCUT2D eigenvalue weighted by molar-refractivity contribution is -0.130. The van der Waals surface area contributed by atoms with Gasteiger partial charge in [0.25, 0.3) is 0 Å². The first-order chi connectivity index (χ1) is 9.97. The summed E-state index contributed by atoms with van der Waals surface area (Å²) in [5.74, 6) is -0.359. The Morgan fingerprint density at radius 1 is 1.38 bits per heavy atom. The lowest BCUT2D eigenvalue weighted by Crippen LogP contribution is -2.48. The molecule has 21 heavy (non-hydrogen) atoms. The van der Waals surface area contributed by atoms with E-state index in [1.165, 1.54) is 12.1 Å². The van der Waals surface area contributed by atoms with E-state index < -0.39 is 11.9 Å². The van der Waals surface area contributed by atoms with Crippen molar-refractivity contribution in [2.45, 2.75) is 19.4 Å². The maximum atomic E-state index is 13.1. The number of nitrogen functional groups attached to an aromatic ring is 1. The maximum Gasteiger partial charge on any atom is 0.219 e. The molecule has 1 aromatic carbocycles. The van der Waals surface area contributed by atoms with E-state index in [4.69, 9.17) is 5.73 Å². The Morgan fingerprint density at radius 3 is 2.62 bits per heavy atom. The number of nitrogens with two attached hydrogens (primary N) is 1. The quantitative estimate of drug-likeness (QED) is 0.813. The van der Waals surface area contributed by atoms with Gasteiger partial charge < -0.3 is 15.7 Å². The van der Waals surface area contributed by atoms with E-state index in [0.29, 0.717) is 12.0 Å². The van der Waals surface area contributed by atoms with Crippen molar-refractivity contribution in [1.82, 2.24) is 9.80 Å². The van der Waals surface area contributed by atoms with Crippen LogP contribution in [0, 0.1) is 5.82 Å². The van der Waals surface area contributed by atoms with Crippen molar-refractivity contribution >= 4 is 11.6 Å². The average Bonchev–Trinajstić information content (AvgIpc) is 2.48. The molecule has 116 valence electrons. The minimum absolute atomic E-state index is 0.0571. The first-order valence-electron chi connectivity index (χ1n) is 7.18. The van der Waals surface area contributed by atoms with E-state index in [1.54, 1.807) is 13.0 Å². The van der Waals surface area contributed by atoms with E-state index in [1.807, 2.05) is 4.90 Å². The second-order valence-corrected chi connectivity index (χ2v) is 5.43. The van der Waals surface area contributed by atoms with Gasteiger partial charge in [0.2, 0.25) is 5.91 Å². The van der Waals surface area contributed by atoms with Gasteiger partial charge in [-0.1, -0.05) is 6.07 Å². The fourth-order valence-corrected chi connectivity index (χ4v) is 2.53. The molecule has 2 rings (SSSR count). The van der Waals surface area contributed by atoms with E-state index in [-0.39, 0.29) is 11.6 Å². The lowest BCUT2D eigenvalue weighted by atomic mass is 10.1. The Morgan fingerprint density at radius 2 is 2.05 bits per heavy atom. The van der Waals surface area contributed by atoms with Crippen molar-refractivity contribution in [2.24, 2.45) is 0 Å². The van der Waals surface area contributed by atoms with Gasteiger partial charge >= 0.3 is 0 Å². The first-order valence-corrected chi connectivity index (χ1v) is 7.18. The number of anilines is 1. The highest BCUT2D eigenvalue weighted by atomic mass is 19.1. The molecule has 6 heteroatoms. The Kier molecular flexibility index (Phi) is 5.14. The molecular weight excluding hydrogens is 273 g/mol. The van der Waals surface area contributed by atoms with Gasteiger partial charge in [0.15, 0.2) is 0 Å². The second kappa shape index (κ2) is 6.87. The molecule has 1 unspecified atom stereocenters. The summed E-state index contributed by atoms with van der Waals surface area (Å²) in [6, 6.07) is 4.32. The van der Waals surface area contributed by atoms with Crippen LogP contribution in [0.3, 0.4) is 0 Å². The second-order valence-electron chi connectivity index (χ2n) is 5.43. The smallest absolute Gasteiger partial charge is 0.219 e. The number of carbonyl (C=O) groups is 1. The summed E-state index contributed by atoms with van der Waals surface area (Å²) >= 11 is 0. The molecule has 0 spiro atoms. The van der Waals surface area contributed by atoms with Crippen molar-refractivity contribution in [3.05, 3.63) is 29.6 Å². The van der Waals surface area contributed by atoms with E-state index in [2.05, 4.69) is 4.90 Å². The molecule has 1 saturated heterocycles. The molecule has 1 amide bonds. The van der Waals surface area contributed by atoms with E-state index in [9.17, 15) is 14.3 Å². The van der Waals surface area contributed by atoms with Crippen LogP contribution in [0.2, 0.25) is 0 Å². The molecule has 3 N–H and O–H groups in total. The van der Waals surface area contributed by atoms with Crippen molar-refractivity contribution in [1.29, 1.82) is 0 Å². The van der Waals surface area contributed by atoms with E-state index >= 15 is 0 Å². The Labute approximate surface area is 124 Å². The molecule has 1 aromatic rings. The molecule has 5 nitrogen and oxygen atoms in total. The summed E-state index contributed by atoms with van der Waals surface area (Å²) in [7, 11) is 0. The fraction of sp³-hybridized carbons (Fsp3) is 0.533. The van der Waals surface area contributed by atoms with Gasteiger partial charge in [-0.3, -0.25) is 9.69 Å². The zero-order chi connectivity index (χ0) is 15.4. The van der Waals surface area contributed by atoms with Crippen LogP contribution in [0.25, 0.3) is 0 Å². The predicted octanol–water partition coefficient (Wildman–Crippen LogP) is 0.996. The van der Waals surface area contributed by atoms with Crippen LogP contribution in [0.4, 0.5) is 10.1 Å². The molecule has 1 aliphatic heterocycles. The Hall–Kier alpha value is -1.66. The minimum Gasteiger partial charge on any atom is -0.396 e. The predicted molar refractivity (Wildman–Crippen MR) is 79.1 cm³/mol. The monoisotopic (exact) mass is 295 g/mol. The van der Waals surface area contributed by atoms with E-state index in [0.717, 1.165) is 32.7 Å². The van der Waals surface area contributed by atoms with Crippen molar-refractivity contribution in [2.75, 3.05) is 38.5 Å². The summed E-state index contributed by atoms with van der Waals surface area (Å²) < 4.78 is 13.1. The molecular formula is C15H22FN3O2. The highest BCUT2D eigenvalue weighted by Crippen LogP contribution is 2.21. The van der Waals surface area contributed by atoms with Gasteiger partial charge in [-0.2, -0.15) is 0 Å². The van der Waals surface area contributed by atoms with Gasteiger partial charge in [-0.15, -0.1) is 0 Å². The van der Waals surface area contributed by atoms with Gasteiger partial charge in [0.05, 0.1) is 11.8 Å². The number of nitrogens with zero attached hydrogens (tertiary/aromatic N) is 2. The number of hydrogen-bond donors (Lipinski definition) is 2. The Bertz CT molecular complexity index is 502. The van der Waals surface area contributed by atoms with Gasteiger partial charge in [0.1, 0.15) is 5.82 Å². The third-order valence-corrected chi connectivity index (χ3v) is 3.94. The van der Waals surface area contributed by atoms with Crippen molar-refractivity contribution in [3.8, 4) is 0 Å². The number of aliphatic hydroxyl groups is 1. The summed E-state index contributed by atoms with van der Waals surface area (Å²) in [4.78, 5) is 15.3. The van der Waals surface area contributed by atoms with Crippen LogP contribution >= 0.6 is 0 Å². The topological polar surface area (TPSA) is 69.8 Å². The van der Waals surface area contributed by atoms with Crippen LogP contribution in [0.5, 0.6) is 0 Å². The zero-order valence-electron chi connectivity index (χ0n) is 12.3. The third kappa shape index (κ3) is 4.15. The number of carbonyl (C=O) groups excluding carboxylic acids is 1. The third-order valence-electron chi connectivity index (χ3n) is 3.94. The minimum atomic E-state index is -0.654.